The van der Waals surface area contributed by atoms with Gasteiger partial charge in [-0.25, -0.2) is 4.79 Å². The second-order valence-corrected chi connectivity index (χ2v) is 1.46. The number of nitrogens with two attached hydrogens (primary N) is 1. The van der Waals surface area contributed by atoms with E-state index in [1.165, 1.54) is 12.2 Å². The van der Waals surface area contributed by atoms with Crippen molar-refractivity contribution in [3.63, 3.8) is 0 Å². The Hall–Kier alpha value is -1.58. The van der Waals surface area contributed by atoms with Crippen LogP contribution in [0.3, 0.4) is 0 Å². The Bertz CT molecular complexity index is 171. The first-order valence-corrected chi connectivity index (χ1v) is 2.50. The van der Waals surface area contributed by atoms with Crippen molar-refractivity contribution in [2.24, 2.45) is 5.73 Å². The number of carbonyl (C=O) groups is 2. The Kier molecular flexibility index (Phi) is 3.63. The molecule has 4 heteroatoms. The summed E-state index contributed by atoms with van der Waals surface area (Å²) in [6, 6.07) is 0. The van der Waals surface area contributed by atoms with Gasteiger partial charge in [0.2, 0.25) is 5.91 Å². The zero-order chi connectivity index (χ0) is 7.98. The number of carbonyl (C=O) groups excluding carboxylic acids is 1. The van der Waals surface area contributed by atoms with Gasteiger partial charge in [-0.05, 0) is 0 Å². The molecular weight excluding hydrogens is 134 g/mol. The average Bonchev–Trinajstić information content (AvgIpc) is 1.79. The Balaban J connectivity index is 3.73. The van der Waals surface area contributed by atoms with Gasteiger partial charge in [-0.1, -0.05) is 12.2 Å². The predicted molar refractivity (Wildman–Crippen MR) is 35.1 cm³/mol. The highest BCUT2D eigenvalue weighted by Crippen LogP contribution is 1.75. The van der Waals surface area contributed by atoms with Crippen LogP contribution in [0.2, 0.25) is 0 Å². The van der Waals surface area contributed by atoms with Gasteiger partial charge in [0.15, 0.2) is 0 Å². The summed E-state index contributed by atoms with van der Waals surface area (Å²) >= 11 is 0. The maximum Gasteiger partial charge on any atom is 0.328 e. The smallest absolute Gasteiger partial charge is 0.328 e. The molecule has 0 spiro atoms. The van der Waals surface area contributed by atoms with E-state index in [2.05, 4.69) is 0 Å². The molecule has 0 aromatic rings. The van der Waals surface area contributed by atoms with Crippen molar-refractivity contribution in [2.75, 3.05) is 0 Å². The van der Waals surface area contributed by atoms with Crippen LogP contribution in [0.5, 0.6) is 0 Å². The summed E-state index contributed by atoms with van der Waals surface area (Å²) in [6.45, 7) is 0. The Morgan fingerprint density at radius 3 is 2.10 bits per heavy atom. The number of allylic oxidation sites excluding steroid dienone is 2. The average molecular weight is 141 g/mol. The fraction of sp³-hybridized carbons (Fsp3) is 0. The molecule has 0 heterocycles. The number of primary amides is 1. The molecule has 1 amide bonds. The molecule has 10 heavy (non-hydrogen) atoms. The molecule has 4 nitrogen and oxygen atoms in total. The Labute approximate surface area is 57.6 Å². The number of carboxylic acids is 1. The van der Waals surface area contributed by atoms with E-state index < -0.39 is 11.9 Å². The predicted octanol–water partition coefficient (Wildman–Crippen LogP) is -0.331. The summed E-state index contributed by atoms with van der Waals surface area (Å²) in [5.74, 6) is -1.66. The fourth-order valence-electron chi connectivity index (χ4n) is 0.288. The zero-order valence-electron chi connectivity index (χ0n) is 5.15. The summed E-state index contributed by atoms with van der Waals surface area (Å²) in [5.41, 5.74) is 4.70. The molecule has 54 valence electrons. The van der Waals surface area contributed by atoms with Crippen molar-refractivity contribution in [3.8, 4) is 0 Å². The molecule has 0 aliphatic carbocycles. The monoisotopic (exact) mass is 141 g/mol. The van der Waals surface area contributed by atoms with E-state index in [1.54, 1.807) is 0 Å². The molecule has 0 unspecified atom stereocenters. The summed E-state index contributed by atoms with van der Waals surface area (Å²) in [4.78, 5) is 19.8. The van der Waals surface area contributed by atoms with E-state index in [0.717, 1.165) is 12.2 Å². The first kappa shape index (κ1) is 8.42. The van der Waals surface area contributed by atoms with Crippen LogP contribution in [-0.4, -0.2) is 17.0 Å². The van der Waals surface area contributed by atoms with Gasteiger partial charge in [0.25, 0.3) is 0 Å². The van der Waals surface area contributed by atoms with Crippen LogP contribution >= 0.6 is 0 Å². The van der Waals surface area contributed by atoms with Crippen molar-refractivity contribution < 1.29 is 14.7 Å². The van der Waals surface area contributed by atoms with Crippen LogP contribution in [0, 0.1) is 0 Å². The minimum absolute atomic E-state index is 0.602. The number of hydrogen-bond acceptors (Lipinski definition) is 2. The lowest BCUT2D eigenvalue weighted by atomic mass is 10.4. The minimum atomic E-state index is -1.06. The van der Waals surface area contributed by atoms with Crippen molar-refractivity contribution in [3.05, 3.63) is 24.3 Å². The fourth-order valence-corrected chi connectivity index (χ4v) is 0.288. The summed E-state index contributed by atoms with van der Waals surface area (Å²) in [7, 11) is 0. The van der Waals surface area contributed by atoms with E-state index in [1.807, 2.05) is 0 Å². The van der Waals surface area contributed by atoms with Gasteiger partial charge < -0.3 is 10.8 Å². The second-order valence-electron chi connectivity index (χ2n) is 1.46. The number of rotatable bonds is 3. The van der Waals surface area contributed by atoms with Crippen LogP contribution in [0.4, 0.5) is 0 Å². The third-order valence-corrected chi connectivity index (χ3v) is 0.610. The van der Waals surface area contributed by atoms with Crippen LogP contribution in [0.25, 0.3) is 0 Å². The molecule has 0 saturated heterocycles. The molecule has 0 radical (unpaired) electrons. The van der Waals surface area contributed by atoms with Crippen molar-refractivity contribution in [1.29, 1.82) is 0 Å². The van der Waals surface area contributed by atoms with E-state index in [-0.39, 0.29) is 0 Å². The summed E-state index contributed by atoms with van der Waals surface area (Å²) < 4.78 is 0. The van der Waals surface area contributed by atoms with E-state index in [9.17, 15) is 9.59 Å². The van der Waals surface area contributed by atoms with E-state index >= 15 is 0 Å². The number of amides is 1. The third-order valence-electron chi connectivity index (χ3n) is 0.610. The van der Waals surface area contributed by atoms with Gasteiger partial charge in [0.1, 0.15) is 0 Å². The zero-order valence-corrected chi connectivity index (χ0v) is 5.15. The SMILES string of the molecule is NC(=O)/C=C/C=C\C(=O)O. The molecule has 3 N–H and O–H groups in total. The lowest BCUT2D eigenvalue weighted by molar-refractivity contribution is -0.131. The molecule has 0 saturated carbocycles. The highest BCUT2D eigenvalue weighted by Gasteiger charge is 1.81. The van der Waals surface area contributed by atoms with Gasteiger partial charge in [0, 0.05) is 12.2 Å². The van der Waals surface area contributed by atoms with Crippen LogP contribution < -0.4 is 5.73 Å². The normalized spacial score (nSPS) is 10.8. The Morgan fingerprint density at radius 2 is 1.70 bits per heavy atom. The molecule has 0 atom stereocenters. The lowest BCUT2D eigenvalue weighted by Gasteiger charge is -1.75. The quantitative estimate of drug-likeness (QED) is 0.417. The van der Waals surface area contributed by atoms with Gasteiger partial charge in [-0.2, -0.15) is 0 Å². The molecule has 0 aromatic heterocycles. The molecular formula is C6H7NO3. The first-order valence-electron chi connectivity index (χ1n) is 2.50. The molecule has 0 aliphatic rings. The minimum Gasteiger partial charge on any atom is -0.478 e. The third kappa shape index (κ3) is 6.42. The molecule has 0 rings (SSSR count). The largest absolute Gasteiger partial charge is 0.478 e. The summed E-state index contributed by atoms with van der Waals surface area (Å²) in [6.07, 6.45) is 4.45. The topological polar surface area (TPSA) is 80.4 Å². The van der Waals surface area contributed by atoms with Crippen molar-refractivity contribution in [2.45, 2.75) is 0 Å². The highest BCUT2D eigenvalue weighted by molar-refractivity contribution is 5.86. The van der Waals surface area contributed by atoms with Gasteiger partial charge >= 0.3 is 5.97 Å². The van der Waals surface area contributed by atoms with E-state index in [4.69, 9.17) is 10.8 Å². The van der Waals surface area contributed by atoms with Crippen LogP contribution in [0.1, 0.15) is 0 Å². The van der Waals surface area contributed by atoms with Gasteiger partial charge in [-0.15, -0.1) is 0 Å². The lowest BCUT2D eigenvalue weighted by Crippen LogP contribution is -2.04. The molecule has 0 aromatic carbocycles. The van der Waals surface area contributed by atoms with E-state index in [0.29, 0.717) is 0 Å². The van der Waals surface area contributed by atoms with Gasteiger partial charge in [0.05, 0.1) is 0 Å². The maximum atomic E-state index is 10.00. The van der Waals surface area contributed by atoms with Crippen LogP contribution in [0.15, 0.2) is 24.3 Å². The van der Waals surface area contributed by atoms with Crippen molar-refractivity contribution >= 4 is 11.9 Å². The Morgan fingerprint density at radius 1 is 1.20 bits per heavy atom. The number of carboxylic acid groups (broad SMARTS) is 1. The van der Waals surface area contributed by atoms with Gasteiger partial charge in [-0.3, -0.25) is 4.79 Å². The number of hydrogen-bond donors (Lipinski definition) is 2. The molecule has 0 bridgehead atoms. The molecule has 0 fully saturated rings. The summed E-state index contributed by atoms with van der Waals surface area (Å²) in [5, 5.41) is 8.04. The number of aliphatic carboxylic acids is 1. The second kappa shape index (κ2) is 4.31. The first-order chi connectivity index (χ1) is 4.63. The van der Waals surface area contributed by atoms with Crippen LogP contribution in [-0.2, 0) is 9.59 Å². The van der Waals surface area contributed by atoms with Crippen molar-refractivity contribution in [1.82, 2.24) is 0 Å². The highest BCUT2D eigenvalue weighted by atomic mass is 16.4. The standard InChI is InChI=1S/C6H7NO3/c7-5(8)3-1-2-4-6(9)10/h1-4H,(H2,7,8)(H,9,10)/b3-1+,4-2-. The molecule has 0 aliphatic heterocycles. The maximum absolute atomic E-state index is 10.00.